The lowest BCUT2D eigenvalue weighted by Crippen LogP contribution is -2.47. The van der Waals surface area contributed by atoms with Gasteiger partial charge in [0.15, 0.2) is 5.52 Å². The Balaban J connectivity index is 2.10. The largest absolute Gasteiger partial charge is 0.381 e. The monoisotopic (exact) mass is 294 g/mol. The van der Waals surface area contributed by atoms with Gasteiger partial charge in [0.25, 0.3) is 0 Å². The Bertz CT molecular complexity index is 656. The van der Waals surface area contributed by atoms with Gasteiger partial charge in [0.1, 0.15) is 5.52 Å². The van der Waals surface area contributed by atoms with Crippen molar-refractivity contribution in [2.75, 3.05) is 40.4 Å². The lowest BCUT2D eigenvalue weighted by Gasteiger charge is -2.24. The van der Waals surface area contributed by atoms with Gasteiger partial charge in [-0.25, -0.2) is 0 Å². The minimum Gasteiger partial charge on any atom is -0.375 e. The van der Waals surface area contributed by atoms with Crippen molar-refractivity contribution in [1.29, 1.82) is 0 Å². The predicted octanol–water partition coefficient (Wildman–Crippen LogP) is 0.893. The van der Waals surface area contributed by atoms with Crippen molar-refractivity contribution in [2.45, 2.75) is 0 Å². The van der Waals surface area contributed by atoms with E-state index in [0.29, 0.717) is 5.02 Å². The first-order valence-corrected chi connectivity index (χ1v) is 6.93. The van der Waals surface area contributed by atoms with E-state index in [9.17, 15) is 0 Å². The van der Waals surface area contributed by atoms with Gasteiger partial charge in [0.2, 0.25) is 0 Å². The van der Waals surface area contributed by atoms with E-state index in [1.807, 2.05) is 41.6 Å². The molecule has 2 heterocycles. The number of nitrogens with zero attached hydrogens (tertiary/aromatic N) is 5. The van der Waals surface area contributed by atoms with Crippen LogP contribution >= 0.6 is 11.6 Å². The molecule has 1 saturated heterocycles. The lowest BCUT2D eigenvalue weighted by molar-refractivity contribution is -0.473. The number of hydrogen-bond acceptors (Lipinski definition) is 3. The fourth-order valence-electron chi connectivity index (χ4n) is 2.41. The number of morpholine rings is 1. The number of halogens is 1. The van der Waals surface area contributed by atoms with Gasteiger partial charge in [-0.05, 0) is 12.1 Å². The number of ether oxygens (including phenoxy) is 1. The molecule has 0 saturated carbocycles. The average Bonchev–Trinajstić information content (AvgIpc) is 2.83. The molecule has 1 aromatic carbocycles. The maximum absolute atomic E-state index is 6.09. The zero-order valence-corrected chi connectivity index (χ0v) is 12.3. The second-order valence-corrected chi connectivity index (χ2v) is 5.36. The zero-order valence-electron chi connectivity index (χ0n) is 11.6. The van der Waals surface area contributed by atoms with Gasteiger partial charge < -0.3 is 4.74 Å². The summed E-state index contributed by atoms with van der Waals surface area (Å²) in [6, 6.07) is 5.60. The summed E-state index contributed by atoms with van der Waals surface area (Å²) in [5, 5.41) is 9.17. The van der Waals surface area contributed by atoms with Crippen LogP contribution in [0.1, 0.15) is 0 Å². The van der Waals surface area contributed by atoms with Crippen LogP contribution in [0.15, 0.2) is 18.2 Å². The first-order chi connectivity index (χ1) is 9.66. The van der Waals surface area contributed by atoms with Crippen LogP contribution in [0.4, 0.5) is 0 Å². The van der Waals surface area contributed by atoms with Crippen LogP contribution in [0.2, 0.25) is 5.02 Å². The van der Waals surface area contributed by atoms with Crippen LogP contribution in [-0.2, 0) is 4.74 Å². The van der Waals surface area contributed by atoms with Crippen LogP contribution in [0.25, 0.3) is 11.0 Å². The van der Waals surface area contributed by atoms with Gasteiger partial charge in [0.05, 0.1) is 40.4 Å². The highest BCUT2D eigenvalue weighted by Crippen LogP contribution is 2.17. The summed E-state index contributed by atoms with van der Waals surface area (Å²) in [5.74, 6) is 0.984. The van der Waals surface area contributed by atoms with Crippen molar-refractivity contribution in [2.24, 2.45) is 0 Å². The van der Waals surface area contributed by atoms with E-state index in [1.165, 1.54) is 0 Å². The lowest BCUT2D eigenvalue weighted by atomic mass is 10.3. The zero-order chi connectivity index (χ0) is 14.1. The van der Waals surface area contributed by atoms with Gasteiger partial charge in [-0.2, -0.15) is 0 Å². The molecular weight excluding hydrogens is 278 g/mol. The number of hydrogen-bond donors (Lipinski definition) is 0. The molecule has 0 N–H and O–H groups in total. The third-order valence-electron chi connectivity index (χ3n) is 3.29. The molecule has 6 nitrogen and oxygen atoms in total. The topological polar surface area (TPSA) is 46.2 Å². The Morgan fingerprint density at radius 1 is 1.30 bits per heavy atom. The fraction of sp³-hybridized carbons (Fsp3) is 0.462. The van der Waals surface area contributed by atoms with Gasteiger partial charge >= 0.3 is 5.96 Å². The van der Waals surface area contributed by atoms with Crippen molar-refractivity contribution >= 4 is 28.6 Å². The summed E-state index contributed by atoms with van der Waals surface area (Å²) in [4.78, 5) is 2.25. The van der Waals surface area contributed by atoms with Gasteiger partial charge in [-0.1, -0.05) is 16.3 Å². The number of fused-ring (bicyclic) bond motifs is 1. The normalized spacial score (nSPS) is 15.7. The number of aromatic nitrogens is 3. The summed E-state index contributed by atoms with van der Waals surface area (Å²) in [7, 11) is 4.01. The Morgan fingerprint density at radius 3 is 2.75 bits per heavy atom. The first kappa shape index (κ1) is 13.3. The first-order valence-electron chi connectivity index (χ1n) is 6.55. The predicted molar refractivity (Wildman–Crippen MR) is 77.4 cm³/mol. The molecule has 3 rings (SSSR count). The summed E-state index contributed by atoms with van der Waals surface area (Å²) in [6.45, 7) is 3.14. The van der Waals surface area contributed by atoms with E-state index in [4.69, 9.17) is 16.3 Å². The van der Waals surface area contributed by atoms with E-state index in [2.05, 4.69) is 15.2 Å². The minimum absolute atomic E-state index is 0.682. The molecule has 0 bridgehead atoms. The summed E-state index contributed by atoms with van der Waals surface area (Å²) in [5.41, 5.74) is 1.75. The van der Waals surface area contributed by atoms with Gasteiger partial charge in [-0.3, -0.25) is 9.48 Å². The van der Waals surface area contributed by atoms with Crippen molar-refractivity contribution in [3.8, 4) is 0 Å². The molecule has 0 aliphatic carbocycles. The highest BCUT2D eigenvalue weighted by Gasteiger charge is 2.28. The molecule has 1 aliphatic rings. The van der Waals surface area contributed by atoms with Crippen LogP contribution in [0.3, 0.4) is 0 Å². The molecule has 106 valence electrons. The minimum atomic E-state index is 0.682. The molecule has 0 unspecified atom stereocenters. The molecule has 1 fully saturated rings. The highest BCUT2D eigenvalue weighted by atomic mass is 35.5. The molecule has 1 aromatic heterocycles. The second kappa shape index (κ2) is 5.38. The van der Waals surface area contributed by atoms with Crippen molar-refractivity contribution < 1.29 is 9.31 Å². The van der Waals surface area contributed by atoms with E-state index in [-0.39, 0.29) is 0 Å². The SMILES string of the molecule is C[N+](C)=C(N1CCOCC1)n1nnc2ccc(Cl)cc21. The van der Waals surface area contributed by atoms with Crippen molar-refractivity contribution in [3.05, 3.63) is 23.2 Å². The van der Waals surface area contributed by atoms with E-state index in [0.717, 1.165) is 43.3 Å². The average molecular weight is 295 g/mol. The molecule has 0 spiro atoms. The molecule has 20 heavy (non-hydrogen) atoms. The van der Waals surface area contributed by atoms with Crippen molar-refractivity contribution in [3.63, 3.8) is 0 Å². The quantitative estimate of drug-likeness (QED) is 0.411. The van der Waals surface area contributed by atoms with E-state index >= 15 is 0 Å². The van der Waals surface area contributed by atoms with Crippen LogP contribution < -0.4 is 0 Å². The Morgan fingerprint density at radius 2 is 2.05 bits per heavy atom. The van der Waals surface area contributed by atoms with Crippen molar-refractivity contribution in [1.82, 2.24) is 19.9 Å². The highest BCUT2D eigenvalue weighted by molar-refractivity contribution is 6.31. The smallest absolute Gasteiger partial charge is 0.375 e. The standard InChI is InChI=1S/C13H17ClN5O/c1-17(2)13(18-5-7-20-8-6-18)19-12-9-10(14)3-4-11(12)15-16-19/h3-4,9H,5-8H2,1-2H3/q+1. The number of benzene rings is 1. The molecule has 0 radical (unpaired) electrons. The Labute approximate surface area is 122 Å². The van der Waals surface area contributed by atoms with Crippen LogP contribution in [0.5, 0.6) is 0 Å². The Hall–Kier alpha value is -1.66. The van der Waals surface area contributed by atoms with Crippen LogP contribution in [0, 0.1) is 0 Å². The molecule has 1 aliphatic heterocycles. The maximum Gasteiger partial charge on any atom is 0.381 e. The van der Waals surface area contributed by atoms with Gasteiger partial charge in [-0.15, -0.1) is 5.10 Å². The third-order valence-corrected chi connectivity index (χ3v) is 3.53. The fourth-order valence-corrected chi connectivity index (χ4v) is 2.58. The molecular formula is C13H17ClN5O+. The summed E-state index contributed by atoms with van der Waals surface area (Å²) < 4.78 is 9.30. The summed E-state index contributed by atoms with van der Waals surface area (Å²) in [6.07, 6.45) is 0. The van der Waals surface area contributed by atoms with Gasteiger partial charge in [0, 0.05) is 16.3 Å². The second-order valence-electron chi connectivity index (χ2n) is 4.93. The Kier molecular flexibility index (Phi) is 3.58. The van der Waals surface area contributed by atoms with E-state index < -0.39 is 0 Å². The molecule has 0 amide bonds. The summed E-state index contributed by atoms with van der Waals surface area (Å²) >= 11 is 6.09. The maximum atomic E-state index is 6.09. The molecule has 0 atom stereocenters. The third kappa shape index (κ3) is 2.36. The molecule has 7 heteroatoms. The molecule has 2 aromatic rings. The van der Waals surface area contributed by atoms with E-state index in [1.54, 1.807) is 0 Å². The van der Waals surface area contributed by atoms with Crippen LogP contribution in [-0.4, -0.2) is 70.8 Å². The number of rotatable bonds is 0.